The van der Waals surface area contributed by atoms with Crippen LogP contribution in [0.4, 0.5) is 5.69 Å². The Morgan fingerprint density at radius 2 is 1.40 bits per heavy atom. The normalized spacial score (nSPS) is 10.2. The van der Waals surface area contributed by atoms with E-state index in [-0.39, 0.29) is 18.4 Å². The summed E-state index contributed by atoms with van der Waals surface area (Å²) in [7, 11) is 1.62. The molecule has 0 atom stereocenters. The lowest BCUT2D eigenvalue weighted by Gasteiger charge is -2.09. The van der Waals surface area contributed by atoms with Gasteiger partial charge in [-0.05, 0) is 47.5 Å². The van der Waals surface area contributed by atoms with Crippen molar-refractivity contribution in [1.82, 2.24) is 10.6 Å². The minimum Gasteiger partial charge on any atom is -0.497 e. The van der Waals surface area contributed by atoms with Crippen LogP contribution < -0.4 is 20.7 Å². The van der Waals surface area contributed by atoms with Crippen molar-refractivity contribution in [3.63, 3.8) is 0 Å². The predicted octanol–water partition coefficient (Wildman–Crippen LogP) is 3.35. The third-order valence-corrected chi connectivity index (χ3v) is 4.54. The van der Waals surface area contributed by atoms with Crippen LogP contribution in [0.25, 0.3) is 0 Å². The molecule has 0 saturated carbocycles. The highest BCUT2D eigenvalue weighted by Gasteiger charge is 2.06. The van der Waals surface area contributed by atoms with Gasteiger partial charge in [0.1, 0.15) is 5.75 Å². The summed E-state index contributed by atoms with van der Waals surface area (Å²) in [5.74, 6) is 0.530. The van der Waals surface area contributed by atoms with Gasteiger partial charge in [0.15, 0.2) is 0 Å². The predicted molar refractivity (Wildman–Crippen MR) is 117 cm³/mol. The Kier molecular flexibility index (Phi) is 7.44. The van der Waals surface area contributed by atoms with Gasteiger partial charge in [-0.3, -0.25) is 9.59 Å². The summed E-state index contributed by atoms with van der Waals surface area (Å²) in [5, 5.41) is 8.81. The van der Waals surface area contributed by atoms with E-state index in [9.17, 15) is 9.59 Å². The summed E-state index contributed by atoms with van der Waals surface area (Å²) in [5.41, 5.74) is 3.38. The maximum Gasteiger partial charge on any atom is 0.251 e. The van der Waals surface area contributed by atoms with Crippen LogP contribution in [0.3, 0.4) is 0 Å². The smallest absolute Gasteiger partial charge is 0.251 e. The first-order valence-electron chi connectivity index (χ1n) is 9.70. The number of nitrogens with one attached hydrogen (secondary N) is 3. The molecule has 3 aromatic rings. The average molecular weight is 403 g/mol. The highest BCUT2D eigenvalue weighted by atomic mass is 16.5. The Balaban J connectivity index is 1.41. The van der Waals surface area contributed by atoms with Crippen LogP contribution in [-0.2, 0) is 17.9 Å². The van der Waals surface area contributed by atoms with Gasteiger partial charge in [-0.15, -0.1) is 0 Å². The standard InChI is InChI=1S/C24H25N3O3/c1-30-22-13-7-19(8-14-22)15-26-23(28)17-25-21-11-9-20(10-12-21)24(29)27-16-18-5-3-2-4-6-18/h2-14,25H,15-17H2,1H3,(H,26,28)(H,27,29). The fourth-order valence-electron chi connectivity index (χ4n) is 2.81. The second-order valence-corrected chi connectivity index (χ2v) is 6.72. The van der Waals surface area contributed by atoms with Crippen molar-refractivity contribution in [2.45, 2.75) is 13.1 Å². The summed E-state index contributed by atoms with van der Waals surface area (Å²) in [6.45, 7) is 1.08. The van der Waals surface area contributed by atoms with Crippen molar-refractivity contribution in [3.05, 3.63) is 95.6 Å². The molecule has 6 heteroatoms. The molecule has 2 amide bonds. The molecule has 0 bridgehead atoms. The largest absolute Gasteiger partial charge is 0.497 e. The molecular weight excluding hydrogens is 378 g/mol. The number of amides is 2. The molecule has 0 aromatic heterocycles. The minimum atomic E-state index is -0.136. The molecular formula is C24H25N3O3. The van der Waals surface area contributed by atoms with Crippen LogP contribution in [0.5, 0.6) is 5.75 Å². The van der Waals surface area contributed by atoms with E-state index >= 15 is 0 Å². The number of rotatable bonds is 9. The monoisotopic (exact) mass is 403 g/mol. The Morgan fingerprint density at radius 1 is 0.767 bits per heavy atom. The number of hydrogen-bond donors (Lipinski definition) is 3. The molecule has 0 aliphatic rings. The van der Waals surface area contributed by atoms with Crippen LogP contribution in [0.2, 0.25) is 0 Å². The van der Waals surface area contributed by atoms with Gasteiger partial charge in [-0.2, -0.15) is 0 Å². The van der Waals surface area contributed by atoms with E-state index in [1.807, 2.05) is 54.6 Å². The Bertz CT molecular complexity index is 955. The van der Waals surface area contributed by atoms with Gasteiger partial charge in [-0.1, -0.05) is 42.5 Å². The molecule has 3 rings (SSSR count). The molecule has 154 valence electrons. The number of carbonyl (C=O) groups is 2. The molecule has 30 heavy (non-hydrogen) atoms. The number of hydrogen-bond acceptors (Lipinski definition) is 4. The molecule has 6 nitrogen and oxygen atoms in total. The van der Waals surface area contributed by atoms with Gasteiger partial charge in [-0.25, -0.2) is 0 Å². The zero-order valence-electron chi connectivity index (χ0n) is 16.9. The lowest BCUT2D eigenvalue weighted by molar-refractivity contribution is -0.119. The first kappa shape index (κ1) is 20.9. The van der Waals surface area contributed by atoms with Crippen molar-refractivity contribution in [2.75, 3.05) is 19.0 Å². The lowest BCUT2D eigenvalue weighted by atomic mass is 10.1. The van der Waals surface area contributed by atoms with Crippen molar-refractivity contribution >= 4 is 17.5 Å². The van der Waals surface area contributed by atoms with E-state index in [2.05, 4.69) is 16.0 Å². The first-order chi connectivity index (χ1) is 14.6. The fourth-order valence-corrected chi connectivity index (χ4v) is 2.81. The van der Waals surface area contributed by atoms with E-state index < -0.39 is 0 Å². The topological polar surface area (TPSA) is 79.5 Å². The lowest BCUT2D eigenvalue weighted by Crippen LogP contribution is -2.29. The second-order valence-electron chi connectivity index (χ2n) is 6.72. The zero-order chi connectivity index (χ0) is 21.2. The molecule has 0 aliphatic heterocycles. The maximum absolute atomic E-state index is 12.3. The molecule has 0 heterocycles. The number of methoxy groups -OCH3 is 1. The van der Waals surface area contributed by atoms with Crippen molar-refractivity contribution < 1.29 is 14.3 Å². The van der Waals surface area contributed by atoms with Gasteiger partial charge in [0, 0.05) is 24.3 Å². The quantitative estimate of drug-likeness (QED) is 0.512. The summed E-state index contributed by atoms with van der Waals surface area (Å²) >= 11 is 0. The highest BCUT2D eigenvalue weighted by molar-refractivity contribution is 5.94. The fraction of sp³-hybridized carbons (Fsp3) is 0.167. The van der Waals surface area contributed by atoms with Crippen molar-refractivity contribution in [2.24, 2.45) is 0 Å². The molecule has 0 radical (unpaired) electrons. The van der Waals surface area contributed by atoms with E-state index in [4.69, 9.17) is 4.74 Å². The van der Waals surface area contributed by atoms with E-state index in [1.54, 1.807) is 31.4 Å². The molecule has 0 fully saturated rings. The summed E-state index contributed by atoms with van der Waals surface area (Å²) in [4.78, 5) is 24.3. The SMILES string of the molecule is COc1ccc(CNC(=O)CNc2ccc(C(=O)NCc3ccccc3)cc2)cc1. The van der Waals surface area contributed by atoms with E-state index in [0.29, 0.717) is 18.7 Å². The second kappa shape index (κ2) is 10.7. The van der Waals surface area contributed by atoms with Gasteiger partial charge in [0.2, 0.25) is 5.91 Å². The molecule has 3 aromatic carbocycles. The minimum absolute atomic E-state index is 0.115. The molecule has 0 spiro atoms. The third-order valence-electron chi connectivity index (χ3n) is 4.54. The maximum atomic E-state index is 12.3. The summed E-state index contributed by atoms with van der Waals surface area (Å²) in [6, 6.07) is 24.3. The third kappa shape index (κ3) is 6.38. The highest BCUT2D eigenvalue weighted by Crippen LogP contribution is 2.11. The van der Waals surface area contributed by atoms with Gasteiger partial charge < -0.3 is 20.7 Å². The van der Waals surface area contributed by atoms with Crippen LogP contribution in [0.1, 0.15) is 21.5 Å². The number of carbonyl (C=O) groups excluding carboxylic acids is 2. The average Bonchev–Trinajstić information content (AvgIpc) is 2.81. The number of anilines is 1. The Hall–Kier alpha value is -3.80. The van der Waals surface area contributed by atoms with Crippen molar-refractivity contribution in [3.8, 4) is 5.75 Å². The molecule has 0 aliphatic carbocycles. The Labute approximate surface area is 176 Å². The molecule has 3 N–H and O–H groups in total. The van der Waals surface area contributed by atoms with Gasteiger partial charge in [0.05, 0.1) is 13.7 Å². The van der Waals surface area contributed by atoms with Crippen molar-refractivity contribution in [1.29, 1.82) is 0 Å². The van der Waals surface area contributed by atoms with E-state index in [0.717, 1.165) is 22.6 Å². The number of ether oxygens (including phenoxy) is 1. The zero-order valence-corrected chi connectivity index (χ0v) is 16.9. The number of benzene rings is 3. The summed E-state index contributed by atoms with van der Waals surface area (Å²) < 4.78 is 5.12. The van der Waals surface area contributed by atoms with Gasteiger partial charge >= 0.3 is 0 Å². The van der Waals surface area contributed by atoms with E-state index in [1.165, 1.54) is 0 Å². The molecule has 0 unspecified atom stereocenters. The summed E-state index contributed by atoms with van der Waals surface area (Å²) in [6.07, 6.45) is 0. The van der Waals surface area contributed by atoms with Crippen LogP contribution in [-0.4, -0.2) is 25.5 Å². The molecule has 0 saturated heterocycles. The van der Waals surface area contributed by atoms with Crippen LogP contribution >= 0.6 is 0 Å². The Morgan fingerprint density at radius 3 is 2.07 bits per heavy atom. The van der Waals surface area contributed by atoms with Crippen LogP contribution in [0.15, 0.2) is 78.9 Å². The van der Waals surface area contributed by atoms with Crippen LogP contribution in [0, 0.1) is 0 Å². The first-order valence-corrected chi connectivity index (χ1v) is 9.70. The van der Waals surface area contributed by atoms with Gasteiger partial charge in [0.25, 0.3) is 5.91 Å².